The third-order valence-corrected chi connectivity index (χ3v) is 4.02. The van der Waals surface area contributed by atoms with Gasteiger partial charge in [-0.1, -0.05) is 24.3 Å². The Morgan fingerprint density at radius 2 is 1.96 bits per heavy atom. The molecule has 0 spiro atoms. The third kappa shape index (κ3) is 3.77. The topological polar surface area (TPSA) is 67.3 Å². The predicted octanol–water partition coefficient (Wildman–Crippen LogP) is 2.51. The molecule has 2 amide bonds. The van der Waals surface area contributed by atoms with E-state index in [2.05, 4.69) is 39.6 Å². The van der Waals surface area contributed by atoms with E-state index >= 15 is 0 Å². The van der Waals surface area contributed by atoms with Crippen LogP contribution >= 0.6 is 0 Å². The van der Waals surface area contributed by atoms with E-state index in [0.29, 0.717) is 18.2 Å². The van der Waals surface area contributed by atoms with Crippen molar-refractivity contribution in [2.24, 2.45) is 0 Å². The summed E-state index contributed by atoms with van der Waals surface area (Å²) < 4.78 is 5.04. The van der Waals surface area contributed by atoms with Gasteiger partial charge < -0.3 is 9.64 Å². The summed E-state index contributed by atoms with van der Waals surface area (Å²) in [6, 6.07) is 9.93. The SMILES string of the molecule is COc1cc(NC(=O)N2CCCc3ccccc3CC2)ncn1. The number of aromatic nitrogens is 2. The lowest BCUT2D eigenvalue weighted by atomic mass is 9.98. The lowest BCUT2D eigenvalue weighted by Crippen LogP contribution is -2.38. The lowest BCUT2D eigenvalue weighted by molar-refractivity contribution is 0.210. The minimum absolute atomic E-state index is 0.134. The van der Waals surface area contributed by atoms with Gasteiger partial charge in [-0.05, 0) is 30.4 Å². The minimum Gasteiger partial charge on any atom is -0.481 e. The molecule has 2 aromatic rings. The highest BCUT2D eigenvalue weighted by molar-refractivity contribution is 5.88. The van der Waals surface area contributed by atoms with E-state index in [4.69, 9.17) is 4.74 Å². The Kier molecular flexibility index (Phi) is 4.71. The summed E-state index contributed by atoms with van der Waals surface area (Å²) >= 11 is 0. The zero-order chi connectivity index (χ0) is 16.1. The second kappa shape index (κ2) is 7.09. The number of nitrogens with zero attached hydrogens (tertiary/aromatic N) is 3. The van der Waals surface area contributed by atoms with Crippen LogP contribution < -0.4 is 10.1 Å². The fourth-order valence-corrected chi connectivity index (χ4v) is 2.78. The van der Waals surface area contributed by atoms with Crippen molar-refractivity contribution in [1.82, 2.24) is 14.9 Å². The molecule has 6 nitrogen and oxygen atoms in total. The molecule has 1 N–H and O–H groups in total. The summed E-state index contributed by atoms with van der Waals surface area (Å²) in [5.41, 5.74) is 2.72. The number of anilines is 1. The number of carbonyl (C=O) groups is 1. The Morgan fingerprint density at radius 1 is 1.17 bits per heavy atom. The highest BCUT2D eigenvalue weighted by Gasteiger charge is 2.17. The van der Waals surface area contributed by atoms with Gasteiger partial charge in [0.2, 0.25) is 5.88 Å². The molecule has 0 atom stereocenters. The summed E-state index contributed by atoms with van der Waals surface area (Å²) in [6.45, 7) is 1.44. The third-order valence-electron chi connectivity index (χ3n) is 4.02. The van der Waals surface area contributed by atoms with Crippen molar-refractivity contribution in [1.29, 1.82) is 0 Å². The number of hydrogen-bond donors (Lipinski definition) is 1. The second-order valence-electron chi connectivity index (χ2n) is 5.49. The number of fused-ring (bicyclic) bond motifs is 1. The van der Waals surface area contributed by atoms with Crippen LogP contribution in [0.25, 0.3) is 0 Å². The highest BCUT2D eigenvalue weighted by atomic mass is 16.5. The normalized spacial score (nSPS) is 14.4. The van der Waals surface area contributed by atoms with Gasteiger partial charge in [0.05, 0.1) is 7.11 Å². The lowest BCUT2D eigenvalue weighted by Gasteiger charge is -2.26. The van der Waals surface area contributed by atoms with E-state index in [0.717, 1.165) is 25.8 Å². The van der Waals surface area contributed by atoms with Gasteiger partial charge in [-0.15, -0.1) is 0 Å². The zero-order valence-electron chi connectivity index (χ0n) is 13.2. The number of methoxy groups -OCH3 is 1. The predicted molar refractivity (Wildman–Crippen MR) is 87.6 cm³/mol. The maximum absolute atomic E-state index is 12.5. The van der Waals surface area contributed by atoms with E-state index in [1.165, 1.54) is 24.6 Å². The van der Waals surface area contributed by atoms with Gasteiger partial charge >= 0.3 is 6.03 Å². The molecule has 0 saturated heterocycles. The van der Waals surface area contributed by atoms with E-state index in [9.17, 15) is 4.79 Å². The average molecular weight is 312 g/mol. The van der Waals surface area contributed by atoms with Crippen LogP contribution in [-0.2, 0) is 12.8 Å². The molecular weight excluding hydrogens is 292 g/mol. The number of aryl methyl sites for hydroxylation is 1. The number of rotatable bonds is 2. The van der Waals surface area contributed by atoms with Crippen molar-refractivity contribution < 1.29 is 9.53 Å². The van der Waals surface area contributed by atoms with Crippen molar-refractivity contribution in [3.05, 3.63) is 47.8 Å². The molecule has 0 bridgehead atoms. The standard InChI is InChI=1S/C17H20N4O2/c1-23-16-11-15(18-12-19-16)20-17(22)21-9-4-7-13-5-2-3-6-14(13)8-10-21/h2-3,5-6,11-12H,4,7-10H2,1H3,(H,18,19,20,22). The maximum Gasteiger partial charge on any atom is 0.323 e. The Hall–Kier alpha value is -2.63. The second-order valence-corrected chi connectivity index (χ2v) is 5.49. The van der Waals surface area contributed by atoms with Crippen LogP contribution in [0.5, 0.6) is 5.88 Å². The molecule has 120 valence electrons. The van der Waals surface area contributed by atoms with Gasteiger partial charge in [0.1, 0.15) is 12.1 Å². The van der Waals surface area contributed by atoms with Crippen LogP contribution in [0.4, 0.5) is 10.6 Å². The van der Waals surface area contributed by atoms with Crippen molar-refractivity contribution in [2.45, 2.75) is 19.3 Å². The van der Waals surface area contributed by atoms with E-state index in [1.807, 2.05) is 4.90 Å². The molecular formula is C17H20N4O2. The summed E-state index contributed by atoms with van der Waals surface area (Å²) in [5.74, 6) is 0.876. The number of carbonyl (C=O) groups excluding carboxylic acids is 1. The molecule has 1 aromatic heterocycles. The molecule has 0 aliphatic carbocycles. The molecule has 3 rings (SSSR count). The van der Waals surface area contributed by atoms with Gasteiger partial charge in [-0.3, -0.25) is 5.32 Å². The maximum atomic E-state index is 12.5. The molecule has 23 heavy (non-hydrogen) atoms. The van der Waals surface area contributed by atoms with Crippen LogP contribution in [0.2, 0.25) is 0 Å². The number of ether oxygens (including phenoxy) is 1. The fraction of sp³-hybridized carbons (Fsp3) is 0.353. The summed E-state index contributed by atoms with van der Waals surface area (Å²) in [7, 11) is 1.53. The molecule has 1 aliphatic rings. The molecule has 6 heteroatoms. The first-order valence-electron chi connectivity index (χ1n) is 7.75. The van der Waals surface area contributed by atoms with Gasteiger partial charge in [0, 0.05) is 19.2 Å². The van der Waals surface area contributed by atoms with Crippen LogP contribution in [0.15, 0.2) is 36.7 Å². The highest BCUT2D eigenvalue weighted by Crippen LogP contribution is 2.17. The monoisotopic (exact) mass is 312 g/mol. The smallest absolute Gasteiger partial charge is 0.323 e. The van der Waals surface area contributed by atoms with Gasteiger partial charge in [0.25, 0.3) is 0 Å². The van der Waals surface area contributed by atoms with E-state index < -0.39 is 0 Å². The molecule has 1 aromatic carbocycles. The number of benzene rings is 1. The van der Waals surface area contributed by atoms with Crippen molar-refractivity contribution in [3.8, 4) is 5.88 Å². The molecule has 0 saturated carbocycles. The molecule has 1 aliphatic heterocycles. The van der Waals surface area contributed by atoms with Crippen LogP contribution in [0.3, 0.4) is 0 Å². The number of urea groups is 1. The van der Waals surface area contributed by atoms with Gasteiger partial charge in [-0.2, -0.15) is 0 Å². The summed E-state index contributed by atoms with van der Waals surface area (Å²) in [6.07, 6.45) is 4.20. The Morgan fingerprint density at radius 3 is 2.74 bits per heavy atom. The molecule has 2 heterocycles. The first-order valence-corrected chi connectivity index (χ1v) is 7.75. The summed E-state index contributed by atoms with van der Waals surface area (Å²) in [5, 5.41) is 2.81. The van der Waals surface area contributed by atoms with Crippen molar-refractivity contribution in [2.75, 3.05) is 25.5 Å². The Balaban J connectivity index is 1.66. The first-order chi connectivity index (χ1) is 11.3. The fourth-order valence-electron chi connectivity index (χ4n) is 2.78. The summed E-state index contributed by atoms with van der Waals surface area (Å²) in [4.78, 5) is 22.3. The number of amides is 2. The average Bonchev–Trinajstić information content (AvgIpc) is 2.56. The minimum atomic E-state index is -0.134. The van der Waals surface area contributed by atoms with Crippen molar-refractivity contribution >= 4 is 11.8 Å². The Labute approximate surface area is 135 Å². The van der Waals surface area contributed by atoms with E-state index in [1.54, 1.807) is 6.07 Å². The molecule has 0 fully saturated rings. The van der Waals surface area contributed by atoms with Crippen LogP contribution in [-0.4, -0.2) is 41.1 Å². The number of hydrogen-bond acceptors (Lipinski definition) is 4. The van der Waals surface area contributed by atoms with Gasteiger partial charge in [-0.25, -0.2) is 14.8 Å². The Bertz CT molecular complexity index is 690. The van der Waals surface area contributed by atoms with Crippen LogP contribution in [0.1, 0.15) is 17.5 Å². The molecule has 0 unspecified atom stereocenters. The zero-order valence-corrected chi connectivity index (χ0v) is 13.2. The molecule has 0 radical (unpaired) electrons. The number of nitrogens with one attached hydrogen (secondary N) is 1. The largest absolute Gasteiger partial charge is 0.481 e. The first kappa shape index (κ1) is 15.3. The van der Waals surface area contributed by atoms with Crippen LogP contribution in [0, 0.1) is 0 Å². The van der Waals surface area contributed by atoms with Gasteiger partial charge in [0.15, 0.2) is 0 Å². The quantitative estimate of drug-likeness (QED) is 0.925. The van der Waals surface area contributed by atoms with E-state index in [-0.39, 0.29) is 6.03 Å². The van der Waals surface area contributed by atoms with Crippen molar-refractivity contribution in [3.63, 3.8) is 0 Å².